The Morgan fingerprint density at radius 1 is 1.10 bits per heavy atom. The number of hydrogen-bond donors (Lipinski definition) is 1. The monoisotopic (exact) mass is 394 g/mol. The van der Waals surface area contributed by atoms with Gasteiger partial charge in [0.2, 0.25) is 5.91 Å². The number of likely N-dealkylation sites (N-methyl/N-ethyl adjacent to an activating group) is 1. The fourth-order valence-electron chi connectivity index (χ4n) is 3.68. The van der Waals surface area contributed by atoms with Gasteiger partial charge in [-0.1, -0.05) is 36.4 Å². The lowest BCUT2D eigenvalue weighted by atomic mass is 9.87. The summed E-state index contributed by atoms with van der Waals surface area (Å²) in [5, 5.41) is 2.67. The Morgan fingerprint density at radius 3 is 2.55 bits per heavy atom. The van der Waals surface area contributed by atoms with E-state index in [0.717, 1.165) is 24.8 Å². The first-order valence-corrected chi connectivity index (χ1v) is 9.79. The summed E-state index contributed by atoms with van der Waals surface area (Å²) in [6.07, 6.45) is 3.05. The van der Waals surface area contributed by atoms with Crippen molar-refractivity contribution in [1.82, 2.24) is 4.90 Å². The maximum absolute atomic E-state index is 12.6. The van der Waals surface area contributed by atoms with Crippen molar-refractivity contribution in [1.29, 1.82) is 0 Å². The lowest BCUT2D eigenvalue weighted by Crippen LogP contribution is -2.36. The van der Waals surface area contributed by atoms with E-state index in [-0.39, 0.29) is 30.9 Å². The van der Waals surface area contributed by atoms with E-state index in [0.29, 0.717) is 5.69 Å². The van der Waals surface area contributed by atoms with Crippen molar-refractivity contribution in [2.75, 3.05) is 19.0 Å². The molecule has 0 radical (unpaired) electrons. The number of benzene rings is 2. The van der Waals surface area contributed by atoms with Gasteiger partial charge in [-0.15, -0.1) is 0 Å². The van der Waals surface area contributed by atoms with Crippen molar-refractivity contribution in [3.8, 4) is 0 Å². The fourth-order valence-corrected chi connectivity index (χ4v) is 3.68. The van der Waals surface area contributed by atoms with Gasteiger partial charge in [-0.2, -0.15) is 0 Å². The number of amides is 2. The average Bonchev–Trinajstić information content (AvgIpc) is 2.72. The highest BCUT2D eigenvalue weighted by molar-refractivity contribution is 5.88. The van der Waals surface area contributed by atoms with Crippen molar-refractivity contribution < 1.29 is 19.1 Å². The summed E-state index contributed by atoms with van der Waals surface area (Å²) in [7, 11) is 1.77. The van der Waals surface area contributed by atoms with Crippen LogP contribution in [0.3, 0.4) is 0 Å². The summed E-state index contributed by atoms with van der Waals surface area (Å²) < 4.78 is 5.20. The van der Waals surface area contributed by atoms with Crippen LogP contribution in [-0.2, 0) is 32.0 Å². The second-order valence-corrected chi connectivity index (χ2v) is 7.33. The first kappa shape index (κ1) is 20.6. The van der Waals surface area contributed by atoms with Crippen molar-refractivity contribution >= 4 is 23.5 Å². The van der Waals surface area contributed by atoms with Gasteiger partial charge in [0.1, 0.15) is 0 Å². The summed E-state index contributed by atoms with van der Waals surface area (Å²) in [5.74, 6) is -0.815. The van der Waals surface area contributed by atoms with Crippen LogP contribution in [0.2, 0.25) is 0 Å². The molecule has 2 aromatic carbocycles. The van der Waals surface area contributed by atoms with Crippen LogP contribution in [0.15, 0.2) is 48.5 Å². The zero-order valence-corrected chi connectivity index (χ0v) is 16.8. The third-order valence-electron chi connectivity index (χ3n) is 5.18. The van der Waals surface area contributed by atoms with Crippen LogP contribution in [0.1, 0.15) is 42.5 Å². The number of carbonyl (C=O) groups is 3. The van der Waals surface area contributed by atoms with Crippen LogP contribution >= 0.6 is 0 Å². The molecule has 0 bridgehead atoms. The number of hydrogen-bond acceptors (Lipinski definition) is 4. The minimum absolute atomic E-state index is 0.0208. The molecular weight excluding hydrogens is 368 g/mol. The summed E-state index contributed by atoms with van der Waals surface area (Å²) in [5.41, 5.74) is 3.88. The number of carbonyl (C=O) groups excluding carboxylic acids is 3. The Labute approximate surface area is 170 Å². The second-order valence-electron chi connectivity index (χ2n) is 7.33. The largest absolute Gasteiger partial charge is 0.455 e. The van der Waals surface area contributed by atoms with Crippen LogP contribution in [0.5, 0.6) is 0 Å². The molecule has 29 heavy (non-hydrogen) atoms. The molecule has 0 saturated carbocycles. The molecule has 0 fully saturated rings. The normalized spacial score (nSPS) is 15.2. The average molecular weight is 394 g/mol. The summed E-state index contributed by atoms with van der Waals surface area (Å²) in [4.78, 5) is 37.4. The van der Waals surface area contributed by atoms with Gasteiger partial charge in [-0.25, -0.2) is 0 Å². The first-order valence-electron chi connectivity index (χ1n) is 9.79. The second kappa shape index (κ2) is 9.37. The van der Waals surface area contributed by atoms with Gasteiger partial charge in [0.25, 0.3) is 5.91 Å². The summed E-state index contributed by atoms with van der Waals surface area (Å²) in [6.45, 7) is 1.17. The van der Waals surface area contributed by atoms with E-state index < -0.39 is 5.97 Å². The zero-order valence-electron chi connectivity index (χ0n) is 16.8. The molecule has 1 unspecified atom stereocenters. The third-order valence-corrected chi connectivity index (χ3v) is 5.18. The van der Waals surface area contributed by atoms with Crippen LogP contribution < -0.4 is 5.32 Å². The minimum Gasteiger partial charge on any atom is -0.455 e. The minimum atomic E-state index is -0.455. The lowest BCUT2D eigenvalue weighted by molar-refractivity contribution is -0.152. The number of rotatable bonds is 6. The summed E-state index contributed by atoms with van der Waals surface area (Å²) >= 11 is 0. The Morgan fingerprint density at radius 2 is 1.83 bits per heavy atom. The van der Waals surface area contributed by atoms with Gasteiger partial charge in [-0.05, 0) is 48.1 Å². The predicted molar refractivity (Wildman–Crippen MR) is 110 cm³/mol. The van der Waals surface area contributed by atoms with E-state index in [4.69, 9.17) is 4.74 Å². The number of ether oxygens (including phenoxy) is 1. The molecule has 6 nitrogen and oxygen atoms in total. The molecule has 1 aliphatic carbocycles. The SMILES string of the molecule is CC(=O)Nc1ccc(CC(=O)OCC(=O)N(C)C2CCCc3ccccc32)cc1. The maximum Gasteiger partial charge on any atom is 0.310 e. The Hall–Kier alpha value is -3.15. The molecule has 2 aromatic rings. The number of nitrogens with zero attached hydrogens (tertiary/aromatic N) is 1. The number of nitrogens with one attached hydrogen (secondary N) is 1. The van der Waals surface area contributed by atoms with Crippen molar-refractivity contribution in [2.24, 2.45) is 0 Å². The number of aryl methyl sites for hydroxylation is 1. The molecule has 0 heterocycles. The maximum atomic E-state index is 12.6. The molecule has 6 heteroatoms. The molecule has 2 amide bonds. The predicted octanol–water partition coefficient (Wildman–Crippen LogP) is 3.27. The van der Waals surface area contributed by atoms with E-state index in [1.54, 1.807) is 36.2 Å². The van der Waals surface area contributed by atoms with Crippen LogP contribution in [0.4, 0.5) is 5.69 Å². The van der Waals surface area contributed by atoms with Crippen molar-refractivity contribution in [2.45, 2.75) is 38.6 Å². The van der Waals surface area contributed by atoms with Gasteiger partial charge in [-0.3, -0.25) is 14.4 Å². The number of anilines is 1. The molecule has 0 saturated heterocycles. The standard InChI is InChI=1S/C23H26N2O4/c1-16(26)24-19-12-10-17(11-13-19)14-23(28)29-15-22(27)25(2)21-9-5-7-18-6-3-4-8-20(18)21/h3-4,6,8,10-13,21H,5,7,9,14-15H2,1-2H3,(H,24,26). The molecule has 3 rings (SSSR count). The van der Waals surface area contributed by atoms with E-state index in [1.165, 1.54) is 18.1 Å². The lowest BCUT2D eigenvalue weighted by Gasteiger charge is -2.33. The summed E-state index contributed by atoms with van der Waals surface area (Å²) in [6, 6.07) is 15.2. The van der Waals surface area contributed by atoms with Gasteiger partial charge in [0.15, 0.2) is 6.61 Å². The molecule has 0 aromatic heterocycles. The van der Waals surface area contributed by atoms with Gasteiger partial charge in [0, 0.05) is 19.7 Å². The van der Waals surface area contributed by atoms with E-state index in [1.807, 2.05) is 12.1 Å². The van der Waals surface area contributed by atoms with E-state index >= 15 is 0 Å². The topological polar surface area (TPSA) is 75.7 Å². The fraction of sp³-hybridized carbons (Fsp3) is 0.348. The quantitative estimate of drug-likeness (QED) is 0.763. The number of fused-ring (bicyclic) bond motifs is 1. The molecule has 1 atom stereocenters. The van der Waals surface area contributed by atoms with Crippen LogP contribution in [0, 0.1) is 0 Å². The van der Waals surface area contributed by atoms with Crippen LogP contribution in [-0.4, -0.2) is 36.3 Å². The molecule has 0 spiro atoms. The number of esters is 1. The Kier molecular flexibility index (Phi) is 6.65. The van der Waals surface area contributed by atoms with Crippen molar-refractivity contribution in [3.63, 3.8) is 0 Å². The highest BCUT2D eigenvalue weighted by Gasteiger charge is 2.26. The zero-order chi connectivity index (χ0) is 20.8. The van der Waals surface area contributed by atoms with Gasteiger partial charge >= 0.3 is 5.97 Å². The first-order chi connectivity index (χ1) is 13.9. The van der Waals surface area contributed by atoms with E-state index in [2.05, 4.69) is 17.4 Å². The Bertz CT molecular complexity index is 892. The third kappa shape index (κ3) is 5.44. The van der Waals surface area contributed by atoms with Gasteiger partial charge < -0.3 is 15.0 Å². The molecule has 1 N–H and O–H groups in total. The molecule has 152 valence electrons. The van der Waals surface area contributed by atoms with E-state index in [9.17, 15) is 14.4 Å². The smallest absolute Gasteiger partial charge is 0.310 e. The van der Waals surface area contributed by atoms with Crippen molar-refractivity contribution in [3.05, 3.63) is 65.2 Å². The highest BCUT2D eigenvalue weighted by Crippen LogP contribution is 2.33. The Balaban J connectivity index is 1.51. The molecular formula is C23H26N2O4. The van der Waals surface area contributed by atoms with Gasteiger partial charge in [0.05, 0.1) is 12.5 Å². The molecule has 1 aliphatic rings. The highest BCUT2D eigenvalue weighted by atomic mass is 16.5. The molecule has 0 aliphatic heterocycles. The van der Waals surface area contributed by atoms with Crippen LogP contribution in [0.25, 0.3) is 0 Å².